The van der Waals surface area contributed by atoms with Gasteiger partial charge in [-0.05, 0) is 43.4 Å². The molecule has 0 saturated carbocycles. The van der Waals surface area contributed by atoms with E-state index in [4.69, 9.17) is 14.6 Å². The maximum absolute atomic E-state index is 12.7. The fourth-order valence-corrected chi connectivity index (χ4v) is 2.84. The van der Waals surface area contributed by atoms with Crippen molar-refractivity contribution >= 4 is 11.9 Å². The highest BCUT2D eigenvalue weighted by Crippen LogP contribution is 2.35. The Morgan fingerprint density at radius 2 is 2.00 bits per heavy atom. The van der Waals surface area contributed by atoms with Crippen LogP contribution in [0.1, 0.15) is 44.0 Å². The molecule has 2 rings (SSSR count). The second-order valence-electron chi connectivity index (χ2n) is 6.42. The van der Waals surface area contributed by atoms with Crippen LogP contribution >= 0.6 is 0 Å². The van der Waals surface area contributed by atoms with Gasteiger partial charge in [-0.1, -0.05) is 13.8 Å². The van der Waals surface area contributed by atoms with Crippen LogP contribution in [-0.4, -0.2) is 48.2 Å². The van der Waals surface area contributed by atoms with Gasteiger partial charge in [-0.3, -0.25) is 4.79 Å². The van der Waals surface area contributed by atoms with Gasteiger partial charge in [0.15, 0.2) is 18.1 Å². The van der Waals surface area contributed by atoms with Crippen molar-refractivity contribution in [1.82, 2.24) is 4.90 Å². The molecule has 0 radical (unpaired) electrons. The van der Waals surface area contributed by atoms with Crippen molar-refractivity contribution < 1.29 is 24.2 Å². The van der Waals surface area contributed by atoms with Crippen LogP contribution in [0.3, 0.4) is 0 Å². The molecule has 1 amide bonds. The van der Waals surface area contributed by atoms with Gasteiger partial charge in [-0.25, -0.2) is 4.79 Å². The molecule has 1 saturated heterocycles. The van der Waals surface area contributed by atoms with Gasteiger partial charge < -0.3 is 19.5 Å². The van der Waals surface area contributed by atoms with Crippen molar-refractivity contribution in [3.05, 3.63) is 23.8 Å². The molecule has 6 nitrogen and oxygen atoms in total. The van der Waals surface area contributed by atoms with Crippen LogP contribution in [0.5, 0.6) is 11.5 Å². The Balaban J connectivity index is 2.17. The number of hydrogen-bond acceptors (Lipinski definition) is 4. The zero-order valence-electron chi connectivity index (χ0n) is 14.5. The summed E-state index contributed by atoms with van der Waals surface area (Å²) in [6, 6.07) is 4.88. The molecule has 0 spiro atoms. The average molecular weight is 335 g/mol. The topological polar surface area (TPSA) is 76.1 Å². The molecule has 132 valence electrons. The smallest absolute Gasteiger partial charge is 0.341 e. The van der Waals surface area contributed by atoms with E-state index in [1.54, 1.807) is 18.2 Å². The number of hydrogen-bond donors (Lipinski definition) is 1. The summed E-state index contributed by atoms with van der Waals surface area (Å²) >= 11 is 0. The van der Waals surface area contributed by atoms with Gasteiger partial charge in [0.25, 0.3) is 5.91 Å². The predicted molar refractivity (Wildman–Crippen MR) is 89.7 cm³/mol. The number of likely N-dealkylation sites (tertiary alicyclic amines) is 1. The van der Waals surface area contributed by atoms with Crippen LogP contribution in [0.4, 0.5) is 0 Å². The largest absolute Gasteiger partial charge is 0.490 e. The monoisotopic (exact) mass is 335 g/mol. The molecule has 0 aliphatic carbocycles. The minimum absolute atomic E-state index is 0.0297. The van der Waals surface area contributed by atoms with Gasteiger partial charge in [0.1, 0.15) is 0 Å². The molecular formula is C18H25NO5. The Labute approximate surface area is 142 Å². The maximum Gasteiger partial charge on any atom is 0.341 e. The molecule has 1 heterocycles. The zero-order chi connectivity index (χ0) is 17.7. The number of ether oxygens (including phenoxy) is 2. The SMILES string of the molecule is CCOc1cc(C(=O)N2CCC(C)(CC)C2)ccc1OCC(=O)O. The number of aliphatic carboxylic acids is 1. The van der Waals surface area contributed by atoms with E-state index in [-0.39, 0.29) is 11.3 Å². The van der Waals surface area contributed by atoms with E-state index < -0.39 is 12.6 Å². The van der Waals surface area contributed by atoms with Gasteiger partial charge in [0, 0.05) is 18.7 Å². The van der Waals surface area contributed by atoms with E-state index in [0.29, 0.717) is 23.7 Å². The van der Waals surface area contributed by atoms with E-state index in [1.165, 1.54) is 0 Å². The fourth-order valence-electron chi connectivity index (χ4n) is 2.84. The van der Waals surface area contributed by atoms with E-state index in [9.17, 15) is 9.59 Å². The zero-order valence-corrected chi connectivity index (χ0v) is 14.5. The molecule has 24 heavy (non-hydrogen) atoms. The lowest BCUT2D eigenvalue weighted by Gasteiger charge is -2.23. The lowest BCUT2D eigenvalue weighted by molar-refractivity contribution is -0.139. The van der Waals surface area contributed by atoms with Crippen LogP contribution in [0, 0.1) is 5.41 Å². The van der Waals surface area contributed by atoms with E-state index in [0.717, 1.165) is 25.9 Å². The number of rotatable bonds is 7. The molecular weight excluding hydrogens is 310 g/mol. The first-order valence-corrected chi connectivity index (χ1v) is 8.29. The second-order valence-corrected chi connectivity index (χ2v) is 6.42. The summed E-state index contributed by atoms with van der Waals surface area (Å²) in [6.45, 7) is 7.63. The van der Waals surface area contributed by atoms with Gasteiger partial charge in [0.05, 0.1) is 6.61 Å². The summed E-state index contributed by atoms with van der Waals surface area (Å²) in [7, 11) is 0. The molecule has 0 bridgehead atoms. The lowest BCUT2D eigenvalue weighted by atomic mass is 9.87. The number of carbonyl (C=O) groups excluding carboxylic acids is 1. The number of benzene rings is 1. The van der Waals surface area contributed by atoms with Crippen molar-refractivity contribution in [2.24, 2.45) is 5.41 Å². The number of carbonyl (C=O) groups is 2. The van der Waals surface area contributed by atoms with E-state index >= 15 is 0 Å². The van der Waals surface area contributed by atoms with Crippen molar-refractivity contribution in [3.63, 3.8) is 0 Å². The first kappa shape index (κ1) is 18.1. The summed E-state index contributed by atoms with van der Waals surface area (Å²) in [4.78, 5) is 25.2. The Bertz CT molecular complexity index is 615. The number of nitrogens with zero attached hydrogens (tertiary/aromatic N) is 1. The quantitative estimate of drug-likeness (QED) is 0.829. The number of amides is 1. The Hall–Kier alpha value is -2.24. The fraction of sp³-hybridized carbons (Fsp3) is 0.556. The summed E-state index contributed by atoms with van der Waals surface area (Å²) in [5.74, 6) is -0.371. The van der Waals surface area contributed by atoms with Gasteiger partial charge in [-0.2, -0.15) is 0 Å². The van der Waals surface area contributed by atoms with Gasteiger partial charge in [0.2, 0.25) is 0 Å². The van der Waals surface area contributed by atoms with Crippen LogP contribution in [-0.2, 0) is 4.79 Å². The molecule has 1 fully saturated rings. The molecule has 6 heteroatoms. The molecule has 1 aliphatic heterocycles. The maximum atomic E-state index is 12.7. The van der Waals surface area contributed by atoms with Gasteiger partial charge in [-0.15, -0.1) is 0 Å². The van der Waals surface area contributed by atoms with Crippen molar-refractivity contribution in [2.75, 3.05) is 26.3 Å². The molecule has 1 N–H and O–H groups in total. The normalized spacial score (nSPS) is 20.0. The third kappa shape index (κ3) is 4.19. The number of carboxylic acid groups (broad SMARTS) is 1. The summed E-state index contributed by atoms with van der Waals surface area (Å²) < 4.78 is 10.7. The lowest BCUT2D eigenvalue weighted by Crippen LogP contribution is -2.30. The first-order chi connectivity index (χ1) is 11.4. The van der Waals surface area contributed by atoms with Crippen molar-refractivity contribution in [1.29, 1.82) is 0 Å². The second kappa shape index (κ2) is 7.55. The standard InChI is InChI=1S/C18H25NO5/c1-4-18(3)8-9-19(12-18)17(22)13-6-7-14(24-11-16(20)21)15(10-13)23-5-2/h6-7,10H,4-5,8-9,11-12H2,1-3H3,(H,20,21). The van der Waals surface area contributed by atoms with Crippen LogP contribution < -0.4 is 9.47 Å². The van der Waals surface area contributed by atoms with E-state index in [1.807, 2.05) is 11.8 Å². The van der Waals surface area contributed by atoms with Gasteiger partial charge >= 0.3 is 5.97 Å². The summed E-state index contributed by atoms with van der Waals surface area (Å²) in [5, 5.41) is 8.73. The summed E-state index contributed by atoms with van der Waals surface area (Å²) in [6.07, 6.45) is 2.05. The molecule has 1 aromatic carbocycles. The Morgan fingerprint density at radius 1 is 1.25 bits per heavy atom. The minimum Gasteiger partial charge on any atom is -0.490 e. The van der Waals surface area contributed by atoms with Crippen molar-refractivity contribution in [2.45, 2.75) is 33.6 Å². The average Bonchev–Trinajstić information content (AvgIpc) is 2.96. The number of carboxylic acids is 1. The van der Waals surface area contributed by atoms with Crippen LogP contribution in [0.15, 0.2) is 18.2 Å². The molecule has 1 aliphatic rings. The third-order valence-electron chi connectivity index (χ3n) is 4.54. The van der Waals surface area contributed by atoms with E-state index in [2.05, 4.69) is 13.8 Å². The van der Waals surface area contributed by atoms with Crippen LogP contribution in [0.25, 0.3) is 0 Å². The third-order valence-corrected chi connectivity index (χ3v) is 4.54. The highest BCUT2D eigenvalue weighted by atomic mass is 16.5. The highest BCUT2D eigenvalue weighted by molar-refractivity contribution is 5.95. The Kier molecular flexibility index (Phi) is 5.70. The molecule has 0 aromatic heterocycles. The first-order valence-electron chi connectivity index (χ1n) is 8.29. The van der Waals surface area contributed by atoms with Crippen molar-refractivity contribution in [3.8, 4) is 11.5 Å². The predicted octanol–water partition coefficient (Wildman–Crippen LogP) is 2.81. The molecule has 1 unspecified atom stereocenters. The van der Waals surface area contributed by atoms with Crippen LogP contribution in [0.2, 0.25) is 0 Å². The molecule has 1 atom stereocenters. The summed E-state index contributed by atoms with van der Waals surface area (Å²) in [5.41, 5.74) is 0.713. The minimum atomic E-state index is -1.06. The highest BCUT2D eigenvalue weighted by Gasteiger charge is 2.34. The Morgan fingerprint density at radius 3 is 2.58 bits per heavy atom. The molecule has 1 aromatic rings.